The average molecular weight is 354 g/mol. The van der Waals surface area contributed by atoms with Crippen LogP contribution in [-0.4, -0.2) is 21.8 Å². The Morgan fingerprint density at radius 1 is 1.42 bits per heavy atom. The molecule has 0 saturated carbocycles. The fraction of sp³-hybridized carbons (Fsp3) is 0.368. The predicted octanol–water partition coefficient (Wildman–Crippen LogP) is 1.75. The van der Waals surface area contributed by atoms with Gasteiger partial charge in [0.1, 0.15) is 10.9 Å². The number of nitrogen functional groups attached to an aromatic ring is 1. The average Bonchev–Trinajstić information content (AvgIpc) is 2.62. The monoisotopic (exact) mass is 354 g/mol. The first-order valence-corrected chi connectivity index (χ1v) is 8.84. The highest BCUT2D eigenvalue weighted by atomic mass is 16.1. The summed E-state index contributed by atoms with van der Waals surface area (Å²) in [6.45, 7) is 8.26. The molecule has 3 aromatic rings. The van der Waals surface area contributed by atoms with Crippen LogP contribution in [0.25, 0.3) is 16.7 Å². The zero-order valence-corrected chi connectivity index (χ0v) is 15.5. The molecule has 26 heavy (non-hydrogen) atoms. The number of aromatic nitrogens is 3. The molecule has 0 bridgehead atoms. The largest absolute Gasteiger partial charge is 0.352 e. The zero-order valence-electron chi connectivity index (χ0n) is 15.5. The lowest BCUT2D eigenvalue weighted by Gasteiger charge is -2.16. The number of rotatable bonds is 4. The molecule has 0 spiro atoms. The van der Waals surface area contributed by atoms with Crippen molar-refractivity contribution in [1.29, 1.82) is 0 Å². The summed E-state index contributed by atoms with van der Waals surface area (Å²) in [6.07, 6.45) is 2.48. The summed E-state index contributed by atoms with van der Waals surface area (Å²) in [5.74, 6) is 0.0281. The lowest BCUT2D eigenvalue weighted by molar-refractivity contribution is -0.683. The van der Waals surface area contributed by atoms with Crippen LogP contribution in [0, 0.1) is 6.92 Å². The summed E-state index contributed by atoms with van der Waals surface area (Å²) >= 11 is 0. The normalized spacial score (nSPS) is 12.5. The summed E-state index contributed by atoms with van der Waals surface area (Å²) in [5.41, 5.74) is 8.42. The number of hydrogen-bond donors (Lipinski definition) is 2. The third-order valence-electron chi connectivity index (χ3n) is 4.73. The van der Waals surface area contributed by atoms with Crippen molar-refractivity contribution in [3.05, 3.63) is 45.9 Å². The zero-order chi connectivity index (χ0) is 19.0. The predicted molar refractivity (Wildman–Crippen MR) is 101 cm³/mol. The first-order chi connectivity index (χ1) is 12.4. The number of carbonyl (C=O) groups excluding carboxylic acids is 1. The van der Waals surface area contributed by atoms with Gasteiger partial charge >= 0.3 is 0 Å². The van der Waals surface area contributed by atoms with Crippen molar-refractivity contribution in [3.63, 3.8) is 0 Å². The summed E-state index contributed by atoms with van der Waals surface area (Å²) in [7, 11) is 0. The fourth-order valence-electron chi connectivity index (χ4n) is 3.14. The molecule has 3 N–H and O–H groups in total. The summed E-state index contributed by atoms with van der Waals surface area (Å²) in [5, 5.41) is 3.13. The Labute approximate surface area is 151 Å². The minimum Gasteiger partial charge on any atom is -0.352 e. The smallest absolute Gasteiger partial charge is 0.278 e. The first kappa shape index (κ1) is 17.8. The minimum absolute atomic E-state index is 0.00903. The van der Waals surface area contributed by atoms with Crippen LogP contribution >= 0.6 is 0 Å². The molecule has 1 amide bonds. The van der Waals surface area contributed by atoms with Crippen molar-refractivity contribution in [2.24, 2.45) is 0 Å². The van der Waals surface area contributed by atoms with Gasteiger partial charge in [-0.15, -0.1) is 0 Å². The molecule has 136 valence electrons. The second kappa shape index (κ2) is 6.74. The molecule has 3 rings (SSSR count). The van der Waals surface area contributed by atoms with Crippen LogP contribution in [0.5, 0.6) is 0 Å². The van der Waals surface area contributed by atoms with E-state index in [2.05, 4.69) is 5.32 Å². The lowest BCUT2D eigenvalue weighted by Crippen LogP contribution is -2.45. The number of pyridine rings is 2. The molecular formula is C19H24N5O2+. The van der Waals surface area contributed by atoms with Crippen molar-refractivity contribution >= 4 is 28.4 Å². The molecular weight excluding hydrogens is 330 g/mol. The van der Waals surface area contributed by atoms with Crippen molar-refractivity contribution in [2.75, 3.05) is 12.3 Å². The van der Waals surface area contributed by atoms with Gasteiger partial charge in [0.05, 0.1) is 6.04 Å². The Kier molecular flexibility index (Phi) is 4.63. The maximum Gasteiger partial charge on any atom is 0.278 e. The van der Waals surface area contributed by atoms with Gasteiger partial charge in [0.2, 0.25) is 11.5 Å². The van der Waals surface area contributed by atoms with E-state index >= 15 is 0 Å². The third kappa shape index (κ3) is 2.69. The molecule has 0 aromatic carbocycles. The number of nitrogens with zero attached hydrogens (tertiary/aromatic N) is 3. The van der Waals surface area contributed by atoms with E-state index in [1.807, 2.05) is 39.8 Å². The molecule has 7 heteroatoms. The second-order valence-electron chi connectivity index (χ2n) is 6.47. The van der Waals surface area contributed by atoms with Gasteiger partial charge in [-0.05, 0) is 39.3 Å². The fourth-order valence-corrected chi connectivity index (χ4v) is 3.14. The maximum absolute atomic E-state index is 13.1. The lowest BCUT2D eigenvalue weighted by atomic mass is 10.1. The number of fused-ring (bicyclic) bond motifs is 2. The van der Waals surface area contributed by atoms with Crippen LogP contribution in [0.2, 0.25) is 0 Å². The molecule has 3 aromatic heterocycles. The van der Waals surface area contributed by atoms with Gasteiger partial charge in [0, 0.05) is 18.3 Å². The van der Waals surface area contributed by atoms with E-state index in [0.717, 1.165) is 12.0 Å². The number of nitrogens with two attached hydrogens (primary N) is 1. The topological polar surface area (TPSA) is 93.4 Å². The standard InChI is InChI=1S/C19H23N5O2/c1-5-12(4)24-15(20)13(18(25)21-6-2)10-14-17(24)22-16-11(3)8-7-9-23(16)19(14)26/h7-10,12,20H,5-6H2,1-4H3,(H,21,25)/p+1/t12-/m0/s1. The molecule has 7 nitrogen and oxygen atoms in total. The SMILES string of the molecule is CCNC(=O)c1cc2c(=O)n3cccc(C)c3nc2[n+]([C@@H](C)CC)c1N. The van der Waals surface area contributed by atoms with Gasteiger partial charge in [0.25, 0.3) is 17.1 Å². The van der Waals surface area contributed by atoms with Crippen LogP contribution in [0.4, 0.5) is 5.82 Å². The molecule has 0 aliphatic heterocycles. The Bertz CT molecular complexity index is 1070. The number of nitrogens with one attached hydrogen (secondary N) is 1. The van der Waals surface area contributed by atoms with Crippen LogP contribution in [0.1, 0.15) is 49.2 Å². The maximum atomic E-state index is 13.1. The van der Waals surface area contributed by atoms with Gasteiger partial charge in [-0.1, -0.05) is 18.0 Å². The Balaban J connectivity index is 2.51. The quantitative estimate of drug-likeness (QED) is 0.551. The number of hydrogen-bond acceptors (Lipinski definition) is 4. The highest BCUT2D eigenvalue weighted by Gasteiger charge is 2.26. The van der Waals surface area contributed by atoms with Gasteiger partial charge < -0.3 is 11.1 Å². The van der Waals surface area contributed by atoms with Crippen LogP contribution in [0.15, 0.2) is 29.2 Å². The molecule has 3 heterocycles. The minimum atomic E-state index is -0.294. The third-order valence-corrected chi connectivity index (χ3v) is 4.73. The summed E-state index contributed by atoms with van der Waals surface area (Å²) in [6, 6.07) is 5.26. The van der Waals surface area contributed by atoms with Gasteiger partial charge in [-0.3, -0.25) is 14.0 Å². The molecule has 0 fully saturated rings. The van der Waals surface area contributed by atoms with Crippen molar-refractivity contribution in [3.8, 4) is 0 Å². The van der Waals surface area contributed by atoms with Gasteiger partial charge in [-0.25, -0.2) is 4.57 Å². The van der Waals surface area contributed by atoms with Crippen molar-refractivity contribution in [2.45, 2.75) is 40.2 Å². The highest BCUT2D eigenvalue weighted by Crippen LogP contribution is 2.18. The Morgan fingerprint density at radius 2 is 2.15 bits per heavy atom. The van der Waals surface area contributed by atoms with E-state index in [4.69, 9.17) is 10.7 Å². The van der Waals surface area contributed by atoms with E-state index in [9.17, 15) is 9.59 Å². The van der Waals surface area contributed by atoms with Gasteiger partial charge in [0.15, 0.2) is 0 Å². The van der Waals surface area contributed by atoms with Crippen LogP contribution in [-0.2, 0) is 0 Å². The van der Waals surface area contributed by atoms with E-state index in [1.165, 1.54) is 4.40 Å². The summed E-state index contributed by atoms with van der Waals surface area (Å²) < 4.78 is 3.31. The highest BCUT2D eigenvalue weighted by molar-refractivity contribution is 6.00. The molecule has 0 saturated heterocycles. The van der Waals surface area contributed by atoms with Crippen LogP contribution in [0.3, 0.4) is 0 Å². The first-order valence-electron chi connectivity index (χ1n) is 8.84. The number of aryl methyl sites for hydroxylation is 1. The number of carbonyl (C=O) groups is 1. The molecule has 0 aliphatic rings. The Hall–Kier alpha value is -2.96. The molecule has 0 unspecified atom stereocenters. The van der Waals surface area contributed by atoms with E-state index in [1.54, 1.807) is 16.8 Å². The second-order valence-corrected chi connectivity index (χ2v) is 6.47. The molecule has 0 radical (unpaired) electrons. The molecule has 0 aliphatic carbocycles. The van der Waals surface area contributed by atoms with E-state index < -0.39 is 0 Å². The molecule has 1 atom stereocenters. The Morgan fingerprint density at radius 3 is 2.81 bits per heavy atom. The summed E-state index contributed by atoms with van der Waals surface area (Å²) in [4.78, 5) is 30.3. The number of anilines is 1. The van der Waals surface area contributed by atoms with Crippen LogP contribution < -0.4 is 21.2 Å². The van der Waals surface area contributed by atoms with Crippen molar-refractivity contribution in [1.82, 2.24) is 14.7 Å². The number of amides is 1. The van der Waals surface area contributed by atoms with E-state index in [0.29, 0.717) is 34.6 Å². The van der Waals surface area contributed by atoms with Gasteiger partial charge in [-0.2, -0.15) is 0 Å². The van der Waals surface area contributed by atoms with Crippen molar-refractivity contribution < 1.29 is 9.36 Å². The van der Waals surface area contributed by atoms with E-state index in [-0.39, 0.29) is 17.5 Å².